The van der Waals surface area contributed by atoms with Gasteiger partial charge < -0.3 is 9.64 Å². The summed E-state index contributed by atoms with van der Waals surface area (Å²) in [5, 5.41) is 0. The first-order valence-corrected chi connectivity index (χ1v) is 6.13. The highest BCUT2D eigenvalue weighted by atomic mass is 16.5. The molecule has 1 aliphatic rings. The molecule has 3 heteroatoms. The number of aryl methyl sites for hydroxylation is 2. The number of pyridine rings is 1. The van der Waals surface area contributed by atoms with Crippen LogP contribution in [-0.2, 0) is 6.54 Å². The molecule has 0 saturated carbocycles. The molecule has 0 N–H and O–H groups in total. The third kappa shape index (κ3) is 1.82. The van der Waals surface area contributed by atoms with Gasteiger partial charge in [0.25, 0.3) is 0 Å². The molecule has 1 aromatic heterocycles. The van der Waals surface area contributed by atoms with Gasteiger partial charge in [-0.2, -0.15) is 0 Å². The zero-order valence-electron chi connectivity index (χ0n) is 10.7. The van der Waals surface area contributed by atoms with Gasteiger partial charge in [-0.3, -0.25) is 4.98 Å². The fourth-order valence-corrected chi connectivity index (χ4v) is 2.30. The lowest BCUT2D eigenvalue weighted by atomic mass is 10.1. The molecule has 18 heavy (non-hydrogen) atoms. The number of aromatic nitrogens is 1. The van der Waals surface area contributed by atoms with Crippen molar-refractivity contribution in [2.45, 2.75) is 20.4 Å². The largest absolute Gasteiger partial charge is 0.471 e. The van der Waals surface area contributed by atoms with Crippen molar-refractivity contribution in [1.29, 1.82) is 0 Å². The maximum absolute atomic E-state index is 5.87. The van der Waals surface area contributed by atoms with Crippen LogP contribution >= 0.6 is 0 Å². The Morgan fingerprint density at radius 2 is 1.94 bits per heavy atom. The van der Waals surface area contributed by atoms with Crippen molar-refractivity contribution >= 4 is 5.69 Å². The number of hydrogen-bond donors (Lipinski definition) is 0. The van der Waals surface area contributed by atoms with E-state index in [4.69, 9.17) is 4.74 Å². The van der Waals surface area contributed by atoms with Crippen LogP contribution in [0, 0.1) is 13.8 Å². The fourth-order valence-electron chi connectivity index (χ4n) is 2.30. The minimum Gasteiger partial charge on any atom is -0.471 e. The molecule has 0 fully saturated rings. The van der Waals surface area contributed by atoms with Gasteiger partial charge in [0.1, 0.15) is 5.75 Å². The summed E-state index contributed by atoms with van der Waals surface area (Å²) in [5.74, 6) is 0.960. The summed E-state index contributed by atoms with van der Waals surface area (Å²) >= 11 is 0. The molecule has 2 heterocycles. The first-order chi connectivity index (χ1) is 8.75. The number of anilines is 1. The normalized spacial score (nSPS) is 14.0. The molecule has 92 valence electrons. The van der Waals surface area contributed by atoms with Crippen LogP contribution in [0.4, 0.5) is 5.69 Å². The molecule has 3 nitrogen and oxygen atoms in total. The summed E-state index contributed by atoms with van der Waals surface area (Å²) in [6, 6.07) is 10.3. The van der Waals surface area contributed by atoms with E-state index in [9.17, 15) is 0 Å². The lowest BCUT2D eigenvalue weighted by molar-refractivity contribution is 0.285. The molecule has 0 radical (unpaired) electrons. The Labute approximate surface area is 107 Å². The Bertz CT molecular complexity index is 566. The topological polar surface area (TPSA) is 25.4 Å². The van der Waals surface area contributed by atoms with Gasteiger partial charge in [0.15, 0.2) is 6.73 Å². The second-order valence-corrected chi connectivity index (χ2v) is 4.64. The molecule has 0 spiro atoms. The van der Waals surface area contributed by atoms with Crippen molar-refractivity contribution in [2.75, 3.05) is 11.6 Å². The van der Waals surface area contributed by atoms with Gasteiger partial charge in [0, 0.05) is 17.4 Å². The van der Waals surface area contributed by atoms with Crippen LogP contribution in [0.5, 0.6) is 5.75 Å². The first kappa shape index (κ1) is 11.1. The van der Waals surface area contributed by atoms with Gasteiger partial charge in [-0.05, 0) is 31.5 Å². The minimum absolute atomic E-state index is 0.586. The molecule has 1 aromatic carbocycles. The Kier molecular flexibility index (Phi) is 2.67. The van der Waals surface area contributed by atoms with Crippen molar-refractivity contribution in [3.63, 3.8) is 0 Å². The van der Waals surface area contributed by atoms with E-state index in [0.717, 1.165) is 18.0 Å². The number of ether oxygens (including phenoxy) is 1. The van der Waals surface area contributed by atoms with Crippen molar-refractivity contribution in [1.82, 2.24) is 4.98 Å². The molecule has 0 aliphatic carbocycles. The van der Waals surface area contributed by atoms with Crippen molar-refractivity contribution < 1.29 is 4.74 Å². The molecule has 2 aromatic rings. The Morgan fingerprint density at radius 1 is 1.17 bits per heavy atom. The summed E-state index contributed by atoms with van der Waals surface area (Å²) in [4.78, 5) is 6.58. The van der Waals surface area contributed by atoms with E-state index in [1.807, 2.05) is 19.2 Å². The van der Waals surface area contributed by atoms with E-state index in [2.05, 4.69) is 41.1 Å². The zero-order valence-corrected chi connectivity index (χ0v) is 10.7. The quantitative estimate of drug-likeness (QED) is 0.766. The maximum atomic E-state index is 5.87. The van der Waals surface area contributed by atoms with Gasteiger partial charge in [-0.1, -0.05) is 18.2 Å². The number of hydrogen-bond acceptors (Lipinski definition) is 3. The molecule has 0 unspecified atom stereocenters. The van der Waals surface area contributed by atoms with Crippen LogP contribution in [0.15, 0.2) is 36.5 Å². The van der Waals surface area contributed by atoms with E-state index >= 15 is 0 Å². The lowest BCUT2D eigenvalue weighted by Gasteiger charge is -2.32. The smallest absolute Gasteiger partial charge is 0.161 e. The van der Waals surface area contributed by atoms with Gasteiger partial charge in [0.2, 0.25) is 0 Å². The highest BCUT2D eigenvalue weighted by molar-refractivity contribution is 5.51. The monoisotopic (exact) mass is 240 g/mol. The van der Waals surface area contributed by atoms with Gasteiger partial charge >= 0.3 is 0 Å². The standard InChI is InChI=1S/C15H16N2O/c1-11-8-16-12(2)15-14(11)9-17(10-18-15)13-6-4-3-5-7-13/h3-8H,9-10H2,1-2H3. The van der Waals surface area contributed by atoms with Crippen LogP contribution < -0.4 is 9.64 Å². The van der Waals surface area contributed by atoms with E-state index in [0.29, 0.717) is 6.73 Å². The summed E-state index contributed by atoms with van der Waals surface area (Å²) < 4.78 is 5.87. The van der Waals surface area contributed by atoms with E-state index in [-0.39, 0.29) is 0 Å². The number of benzene rings is 1. The molecule has 0 amide bonds. The van der Waals surface area contributed by atoms with Gasteiger partial charge in [-0.15, -0.1) is 0 Å². The number of nitrogens with zero attached hydrogens (tertiary/aromatic N) is 2. The SMILES string of the molecule is Cc1cnc(C)c2c1CN(c1ccccc1)CO2. The predicted octanol–water partition coefficient (Wildman–Crippen LogP) is 3.05. The third-order valence-electron chi connectivity index (χ3n) is 3.37. The second-order valence-electron chi connectivity index (χ2n) is 4.64. The zero-order chi connectivity index (χ0) is 12.5. The van der Waals surface area contributed by atoms with Crippen molar-refractivity contribution in [3.05, 3.63) is 53.3 Å². The Morgan fingerprint density at radius 3 is 2.72 bits per heavy atom. The number of rotatable bonds is 1. The molecule has 0 atom stereocenters. The highest BCUT2D eigenvalue weighted by Crippen LogP contribution is 2.31. The molecule has 0 saturated heterocycles. The van der Waals surface area contributed by atoms with Crippen molar-refractivity contribution in [3.8, 4) is 5.75 Å². The van der Waals surface area contributed by atoms with E-state index in [1.165, 1.54) is 16.8 Å². The Hall–Kier alpha value is -2.03. The van der Waals surface area contributed by atoms with Crippen LogP contribution in [-0.4, -0.2) is 11.7 Å². The van der Waals surface area contributed by atoms with Crippen LogP contribution in [0.2, 0.25) is 0 Å². The van der Waals surface area contributed by atoms with E-state index < -0.39 is 0 Å². The lowest BCUT2D eigenvalue weighted by Crippen LogP contribution is -2.32. The Balaban J connectivity index is 1.96. The number of para-hydroxylation sites is 1. The fraction of sp³-hybridized carbons (Fsp3) is 0.267. The first-order valence-electron chi connectivity index (χ1n) is 6.13. The summed E-state index contributed by atoms with van der Waals surface area (Å²) in [6.45, 7) is 5.55. The van der Waals surface area contributed by atoms with Gasteiger partial charge in [-0.25, -0.2) is 0 Å². The second kappa shape index (κ2) is 4.33. The average Bonchev–Trinajstić information content (AvgIpc) is 2.44. The average molecular weight is 240 g/mol. The molecular weight excluding hydrogens is 224 g/mol. The van der Waals surface area contributed by atoms with E-state index in [1.54, 1.807) is 0 Å². The summed E-state index contributed by atoms with van der Waals surface area (Å²) in [6.07, 6.45) is 1.92. The summed E-state index contributed by atoms with van der Waals surface area (Å²) in [5.41, 5.74) is 4.61. The van der Waals surface area contributed by atoms with Crippen molar-refractivity contribution in [2.24, 2.45) is 0 Å². The minimum atomic E-state index is 0.586. The third-order valence-corrected chi connectivity index (χ3v) is 3.37. The van der Waals surface area contributed by atoms with Gasteiger partial charge in [0.05, 0.1) is 12.2 Å². The molecule has 1 aliphatic heterocycles. The molecule has 3 rings (SSSR count). The predicted molar refractivity (Wildman–Crippen MR) is 71.8 cm³/mol. The van der Waals surface area contributed by atoms with Crippen LogP contribution in [0.3, 0.4) is 0 Å². The molecule has 0 bridgehead atoms. The van der Waals surface area contributed by atoms with Crippen LogP contribution in [0.1, 0.15) is 16.8 Å². The van der Waals surface area contributed by atoms with Crippen LogP contribution in [0.25, 0.3) is 0 Å². The summed E-state index contributed by atoms with van der Waals surface area (Å²) in [7, 11) is 0. The number of fused-ring (bicyclic) bond motifs is 1. The maximum Gasteiger partial charge on any atom is 0.161 e. The highest BCUT2D eigenvalue weighted by Gasteiger charge is 2.21. The molecular formula is C15H16N2O.